The molecule has 0 amide bonds. The molecule has 72 valence electrons. The van der Waals surface area contributed by atoms with E-state index in [0.717, 1.165) is 31.8 Å². The summed E-state index contributed by atoms with van der Waals surface area (Å²) in [4.78, 5) is 4.24. The van der Waals surface area contributed by atoms with Crippen LogP contribution in [0.25, 0.3) is 0 Å². The van der Waals surface area contributed by atoms with Gasteiger partial charge in [0.2, 0.25) is 0 Å². The highest BCUT2D eigenvalue weighted by Gasteiger charge is 1.84. The van der Waals surface area contributed by atoms with Gasteiger partial charge in [-0.25, -0.2) is 4.99 Å². The zero-order chi connectivity index (χ0) is 9.07. The fourth-order valence-electron chi connectivity index (χ4n) is 0.721. The minimum absolute atomic E-state index is 0.774. The summed E-state index contributed by atoms with van der Waals surface area (Å²) in [6.07, 6.45) is 2.97. The first-order valence-corrected chi connectivity index (χ1v) is 5.66. The van der Waals surface area contributed by atoms with E-state index in [0.29, 0.717) is 0 Å². The molecule has 4 N–H and O–H groups in total. The van der Waals surface area contributed by atoms with Crippen molar-refractivity contribution in [3.63, 3.8) is 0 Å². The zero-order valence-electron chi connectivity index (χ0n) is 7.83. The van der Waals surface area contributed by atoms with Crippen LogP contribution in [0.2, 0.25) is 0 Å². The predicted molar refractivity (Wildman–Crippen MR) is 56.8 cm³/mol. The molecule has 12 heavy (non-hydrogen) atoms. The second-order valence-electron chi connectivity index (χ2n) is 2.42. The Morgan fingerprint density at radius 2 is 2.42 bits per heavy atom. The summed E-state index contributed by atoms with van der Waals surface area (Å²) >= 11 is 1.93. The summed E-state index contributed by atoms with van der Waals surface area (Å²) in [6, 6.07) is 0. The second kappa shape index (κ2) is 10.9. The SMILES string of the molecule is CCSCCN=C[NH2+]CCCN. The molecule has 0 aromatic heterocycles. The van der Waals surface area contributed by atoms with Gasteiger partial charge in [-0.05, 0) is 12.3 Å². The van der Waals surface area contributed by atoms with E-state index in [4.69, 9.17) is 5.73 Å². The van der Waals surface area contributed by atoms with Crippen molar-refractivity contribution < 1.29 is 5.32 Å². The standard InChI is InChI=1S/C8H19N3S/c1-2-12-7-6-11-8-10-5-3-4-9/h8H,2-7,9H2,1H3,(H,10,11)/p+1. The Morgan fingerprint density at radius 1 is 1.58 bits per heavy atom. The number of hydrogen-bond donors (Lipinski definition) is 2. The minimum atomic E-state index is 0.774. The molecule has 3 nitrogen and oxygen atoms in total. The Bertz CT molecular complexity index is 94.5. The van der Waals surface area contributed by atoms with Crippen LogP contribution < -0.4 is 11.1 Å². The van der Waals surface area contributed by atoms with Crippen LogP contribution in [0.4, 0.5) is 0 Å². The Labute approximate surface area is 79.2 Å². The molecule has 0 bridgehead atoms. The van der Waals surface area contributed by atoms with Crippen molar-refractivity contribution in [1.82, 2.24) is 0 Å². The number of quaternary nitrogens is 1. The van der Waals surface area contributed by atoms with Crippen LogP contribution >= 0.6 is 11.8 Å². The van der Waals surface area contributed by atoms with Gasteiger partial charge >= 0.3 is 0 Å². The van der Waals surface area contributed by atoms with Crippen LogP contribution in [0, 0.1) is 0 Å². The maximum atomic E-state index is 5.34. The lowest BCUT2D eigenvalue weighted by Gasteiger charge is -1.93. The number of nitrogens with zero attached hydrogens (tertiary/aromatic N) is 1. The molecule has 0 saturated heterocycles. The van der Waals surface area contributed by atoms with E-state index >= 15 is 0 Å². The fraction of sp³-hybridized carbons (Fsp3) is 0.875. The highest BCUT2D eigenvalue weighted by atomic mass is 32.2. The summed E-state index contributed by atoms with van der Waals surface area (Å²) in [7, 11) is 0. The van der Waals surface area contributed by atoms with Gasteiger partial charge in [0, 0.05) is 12.2 Å². The molecule has 0 atom stereocenters. The topological polar surface area (TPSA) is 55.0 Å². The van der Waals surface area contributed by atoms with Crippen molar-refractivity contribution in [3.05, 3.63) is 0 Å². The van der Waals surface area contributed by atoms with Crippen LogP contribution in [0.15, 0.2) is 4.99 Å². The van der Waals surface area contributed by atoms with E-state index in [1.807, 2.05) is 18.1 Å². The predicted octanol–water partition coefficient (Wildman–Crippen LogP) is -0.320. The molecule has 4 heteroatoms. The number of rotatable bonds is 8. The van der Waals surface area contributed by atoms with Gasteiger partial charge < -0.3 is 11.1 Å². The molecule has 0 fully saturated rings. The second-order valence-corrected chi connectivity index (χ2v) is 3.81. The van der Waals surface area contributed by atoms with Crippen LogP contribution in [0.5, 0.6) is 0 Å². The third kappa shape index (κ3) is 9.94. The summed E-state index contributed by atoms with van der Waals surface area (Å²) in [5, 5.41) is 2.09. The quantitative estimate of drug-likeness (QED) is 0.313. The van der Waals surface area contributed by atoms with E-state index in [1.165, 1.54) is 5.75 Å². The van der Waals surface area contributed by atoms with Gasteiger partial charge in [-0.1, -0.05) is 6.92 Å². The van der Waals surface area contributed by atoms with Gasteiger partial charge in [0.05, 0.1) is 13.1 Å². The molecule has 0 radical (unpaired) electrons. The van der Waals surface area contributed by atoms with Gasteiger partial charge in [-0.3, -0.25) is 0 Å². The normalized spacial score (nSPS) is 11.2. The summed E-state index contributed by atoms with van der Waals surface area (Å²) < 4.78 is 0. The third-order valence-corrected chi connectivity index (χ3v) is 2.23. The average molecular weight is 190 g/mol. The Kier molecular flexibility index (Phi) is 10.9. The Morgan fingerprint density at radius 3 is 3.08 bits per heavy atom. The van der Waals surface area contributed by atoms with Gasteiger partial charge in [-0.2, -0.15) is 11.8 Å². The lowest BCUT2D eigenvalue weighted by atomic mass is 10.4. The number of thioether (sulfide) groups is 1. The van der Waals surface area contributed by atoms with Crippen LogP contribution in [-0.4, -0.2) is 37.5 Å². The monoisotopic (exact) mass is 190 g/mol. The lowest BCUT2D eigenvalue weighted by molar-refractivity contribution is -0.530. The maximum absolute atomic E-state index is 5.34. The van der Waals surface area contributed by atoms with E-state index in [1.54, 1.807) is 0 Å². The highest BCUT2D eigenvalue weighted by Crippen LogP contribution is 1.95. The first kappa shape index (κ1) is 11.9. The molecule has 0 aliphatic carbocycles. The lowest BCUT2D eigenvalue weighted by Crippen LogP contribution is -2.83. The number of aliphatic imine (C=N–C) groups is 1. The fourth-order valence-corrected chi connectivity index (χ4v) is 1.24. The molecule has 0 heterocycles. The van der Waals surface area contributed by atoms with Crippen molar-refractivity contribution in [2.75, 3.05) is 31.1 Å². The van der Waals surface area contributed by atoms with Crippen molar-refractivity contribution in [2.24, 2.45) is 10.7 Å². The smallest absolute Gasteiger partial charge is 0.181 e. The molecule has 0 unspecified atom stereocenters. The van der Waals surface area contributed by atoms with E-state index < -0.39 is 0 Å². The number of hydrogen-bond acceptors (Lipinski definition) is 3. The molecule has 0 spiro atoms. The van der Waals surface area contributed by atoms with Gasteiger partial charge in [0.15, 0.2) is 6.34 Å². The first-order chi connectivity index (χ1) is 5.91. The molecule has 0 aromatic carbocycles. The average Bonchev–Trinajstić information content (AvgIpc) is 2.10. The maximum Gasteiger partial charge on any atom is 0.181 e. The molecular weight excluding hydrogens is 170 g/mol. The first-order valence-electron chi connectivity index (χ1n) is 4.51. The largest absolute Gasteiger partial charge is 0.330 e. The van der Waals surface area contributed by atoms with Gasteiger partial charge in [0.25, 0.3) is 0 Å². The van der Waals surface area contributed by atoms with Gasteiger partial charge in [0.1, 0.15) is 0 Å². The molecule has 0 rings (SSSR count). The summed E-state index contributed by atoms with van der Waals surface area (Å²) in [5.41, 5.74) is 5.34. The molecule has 0 saturated carbocycles. The van der Waals surface area contributed by atoms with Crippen molar-refractivity contribution in [3.8, 4) is 0 Å². The van der Waals surface area contributed by atoms with E-state index in [-0.39, 0.29) is 0 Å². The van der Waals surface area contributed by atoms with Crippen molar-refractivity contribution in [2.45, 2.75) is 13.3 Å². The number of nitrogens with two attached hydrogens (primary N) is 2. The van der Waals surface area contributed by atoms with Crippen molar-refractivity contribution in [1.29, 1.82) is 0 Å². The molecule has 0 aromatic rings. The Hall–Kier alpha value is -0.0600. The Balaban J connectivity index is 2.93. The van der Waals surface area contributed by atoms with E-state index in [2.05, 4.69) is 17.2 Å². The molecule has 0 aliphatic heterocycles. The summed E-state index contributed by atoms with van der Waals surface area (Å²) in [5.74, 6) is 2.32. The highest BCUT2D eigenvalue weighted by molar-refractivity contribution is 7.99. The van der Waals surface area contributed by atoms with Crippen LogP contribution in [-0.2, 0) is 0 Å². The van der Waals surface area contributed by atoms with Crippen LogP contribution in [0.3, 0.4) is 0 Å². The minimum Gasteiger partial charge on any atom is -0.330 e. The van der Waals surface area contributed by atoms with Gasteiger partial charge in [-0.15, -0.1) is 0 Å². The van der Waals surface area contributed by atoms with E-state index in [9.17, 15) is 0 Å². The third-order valence-electron chi connectivity index (χ3n) is 1.35. The molecular formula is C8H20N3S+. The molecule has 0 aliphatic rings. The summed E-state index contributed by atoms with van der Waals surface area (Å²) in [6.45, 7) is 4.94. The zero-order valence-corrected chi connectivity index (χ0v) is 8.65. The van der Waals surface area contributed by atoms with Crippen LogP contribution in [0.1, 0.15) is 13.3 Å². The van der Waals surface area contributed by atoms with Crippen molar-refractivity contribution >= 4 is 18.1 Å².